The normalized spacial score (nSPS) is 17.8. The number of nitrogens with one attached hydrogen (secondary N) is 1. The second kappa shape index (κ2) is 7.27. The minimum Gasteiger partial charge on any atom is -0.507 e. The molecule has 1 fully saturated rings. The van der Waals surface area contributed by atoms with Crippen molar-refractivity contribution in [2.75, 3.05) is 26.2 Å². The molecule has 106 valence electrons. The van der Waals surface area contributed by atoms with Crippen LogP contribution in [-0.4, -0.2) is 36.2 Å². The molecule has 1 atom stereocenters. The third kappa shape index (κ3) is 4.79. The summed E-state index contributed by atoms with van der Waals surface area (Å²) in [5.41, 5.74) is 1.19. The second-order valence-corrected chi connectivity index (χ2v) is 6.38. The maximum atomic E-state index is 9.44. The lowest BCUT2D eigenvalue weighted by Crippen LogP contribution is -2.31. The number of likely N-dealkylation sites (tertiary alicyclic amines) is 1. The van der Waals surface area contributed by atoms with Crippen molar-refractivity contribution >= 4 is 15.9 Å². The fourth-order valence-corrected chi connectivity index (χ4v) is 3.02. The Morgan fingerprint density at radius 1 is 1.37 bits per heavy atom. The Kier molecular flexibility index (Phi) is 5.67. The fraction of sp³-hybridized carbons (Fsp3) is 0.600. The first-order valence-electron chi connectivity index (χ1n) is 7.05. The molecule has 0 bridgehead atoms. The van der Waals surface area contributed by atoms with Gasteiger partial charge in [-0.15, -0.1) is 0 Å². The SMILES string of the molecule is CC(CNCc1ccc(O)c(Br)c1)CN1CCCC1. The van der Waals surface area contributed by atoms with Crippen molar-refractivity contribution in [3.63, 3.8) is 0 Å². The van der Waals surface area contributed by atoms with Crippen molar-refractivity contribution in [1.29, 1.82) is 0 Å². The van der Waals surface area contributed by atoms with Crippen molar-refractivity contribution in [2.45, 2.75) is 26.3 Å². The molecule has 1 aromatic rings. The third-order valence-electron chi connectivity index (χ3n) is 3.60. The van der Waals surface area contributed by atoms with Crippen LogP contribution in [0, 0.1) is 5.92 Å². The molecule has 4 heteroatoms. The number of benzene rings is 1. The highest BCUT2D eigenvalue weighted by molar-refractivity contribution is 9.10. The van der Waals surface area contributed by atoms with Crippen LogP contribution < -0.4 is 5.32 Å². The van der Waals surface area contributed by atoms with Crippen LogP contribution in [0.3, 0.4) is 0 Å². The summed E-state index contributed by atoms with van der Waals surface area (Å²) in [4.78, 5) is 2.56. The van der Waals surface area contributed by atoms with E-state index in [2.05, 4.69) is 33.1 Å². The van der Waals surface area contributed by atoms with Gasteiger partial charge in [0.2, 0.25) is 0 Å². The van der Waals surface area contributed by atoms with E-state index in [4.69, 9.17) is 0 Å². The van der Waals surface area contributed by atoms with Gasteiger partial charge in [-0.1, -0.05) is 13.0 Å². The molecule has 0 saturated carbocycles. The Balaban J connectivity index is 1.68. The van der Waals surface area contributed by atoms with Crippen molar-refractivity contribution in [1.82, 2.24) is 10.2 Å². The highest BCUT2D eigenvalue weighted by Crippen LogP contribution is 2.24. The molecule has 2 rings (SSSR count). The fourth-order valence-electron chi connectivity index (χ4n) is 2.59. The predicted molar refractivity (Wildman–Crippen MR) is 82.4 cm³/mol. The molecule has 0 aromatic heterocycles. The molecule has 3 nitrogen and oxygen atoms in total. The van der Waals surface area contributed by atoms with Gasteiger partial charge >= 0.3 is 0 Å². The van der Waals surface area contributed by atoms with E-state index >= 15 is 0 Å². The van der Waals surface area contributed by atoms with Crippen molar-refractivity contribution < 1.29 is 5.11 Å². The smallest absolute Gasteiger partial charge is 0.129 e. The lowest BCUT2D eigenvalue weighted by atomic mass is 10.1. The van der Waals surface area contributed by atoms with Gasteiger partial charge in [-0.25, -0.2) is 0 Å². The summed E-state index contributed by atoms with van der Waals surface area (Å²) < 4.78 is 0.761. The highest BCUT2D eigenvalue weighted by Gasteiger charge is 2.14. The van der Waals surface area contributed by atoms with Crippen molar-refractivity contribution in [2.24, 2.45) is 5.92 Å². The summed E-state index contributed by atoms with van der Waals surface area (Å²) in [6.45, 7) is 7.94. The first-order chi connectivity index (χ1) is 9.15. The average molecular weight is 327 g/mol. The Hall–Kier alpha value is -0.580. The Bertz CT molecular complexity index is 405. The summed E-state index contributed by atoms with van der Waals surface area (Å²) >= 11 is 3.34. The molecular formula is C15H23BrN2O. The number of phenolic OH excluding ortho intramolecular Hbond substituents is 1. The summed E-state index contributed by atoms with van der Waals surface area (Å²) in [6, 6.07) is 5.65. The predicted octanol–water partition coefficient (Wildman–Crippen LogP) is 2.98. The zero-order valence-electron chi connectivity index (χ0n) is 11.5. The number of halogens is 1. The first-order valence-corrected chi connectivity index (χ1v) is 7.85. The van der Waals surface area contributed by atoms with Crippen LogP contribution in [0.4, 0.5) is 0 Å². The van der Waals surface area contributed by atoms with Crippen LogP contribution in [0.1, 0.15) is 25.3 Å². The van der Waals surface area contributed by atoms with E-state index < -0.39 is 0 Å². The quantitative estimate of drug-likeness (QED) is 0.843. The monoisotopic (exact) mass is 326 g/mol. The maximum Gasteiger partial charge on any atom is 0.129 e. The molecule has 1 aliphatic heterocycles. The van der Waals surface area contributed by atoms with Gasteiger partial charge in [0.05, 0.1) is 4.47 Å². The molecule has 1 aromatic carbocycles. The van der Waals surface area contributed by atoms with Gasteiger partial charge in [-0.05, 0) is 72.0 Å². The lowest BCUT2D eigenvalue weighted by Gasteiger charge is -2.20. The van der Waals surface area contributed by atoms with Gasteiger partial charge in [0.15, 0.2) is 0 Å². The molecule has 0 spiro atoms. The summed E-state index contributed by atoms with van der Waals surface area (Å²) in [7, 11) is 0. The number of aromatic hydroxyl groups is 1. The lowest BCUT2D eigenvalue weighted by molar-refractivity contribution is 0.282. The summed E-state index contributed by atoms with van der Waals surface area (Å²) in [5, 5.41) is 12.9. The van der Waals surface area contributed by atoms with Crippen LogP contribution >= 0.6 is 15.9 Å². The largest absolute Gasteiger partial charge is 0.507 e. The number of phenols is 1. The van der Waals surface area contributed by atoms with Crippen LogP contribution in [0.2, 0.25) is 0 Å². The topological polar surface area (TPSA) is 35.5 Å². The van der Waals surface area contributed by atoms with Crippen molar-refractivity contribution in [3.05, 3.63) is 28.2 Å². The second-order valence-electron chi connectivity index (χ2n) is 5.53. The average Bonchev–Trinajstić information content (AvgIpc) is 2.86. The summed E-state index contributed by atoms with van der Waals surface area (Å²) in [5.74, 6) is 0.977. The zero-order chi connectivity index (χ0) is 13.7. The Labute approximate surface area is 124 Å². The van der Waals surface area contributed by atoms with E-state index in [0.717, 1.165) is 17.6 Å². The van der Waals surface area contributed by atoms with Gasteiger partial charge in [-0.3, -0.25) is 0 Å². The van der Waals surface area contributed by atoms with Crippen LogP contribution in [-0.2, 0) is 6.54 Å². The van der Waals surface area contributed by atoms with E-state index in [0.29, 0.717) is 11.7 Å². The Morgan fingerprint density at radius 3 is 2.79 bits per heavy atom. The minimum atomic E-state index is 0.297. The van der Waals surface area contributed by atoms with E-state index in [-0.39, 0.29) is 0 Å². The molecule has 19 heavy (non-hydrogen) atoms. The van der Waals surface area contributed by atoms with Gasteiger partial charge < -0.3 is 15.3 Å². The van der Waals surface area contributed by atoms with Gasteiger partial charge in [0.25, 0.3) is 0 Å². The Morgan fingerprint density at radius 2 is 2.11 bits per heavy atom. The van der Waals surface area contributed by atoms with E-state index in [1.54, 1.807) is 6.07 Å². The van der Waals surface area contributed by atoms with E-state index in [9.17, 15) is 5.11 Å². The van der Waals surface area contributed by atoms with E-state index in [1.165, 1.54) is 38.0 Å². The maximum absolute atomic E-state index is 9.44. The third-order valence-corrected chi connectivity index (χ3v) is 4.24. The first kappa shape index (κ1) is 14.8. The molecular weight excluding hydrogens is 304 g/mol. The number of hydrogen-bond acceptors (Lipinski definition) is 3. The molecule has 1 saturated heterocycles. The molecule has 1 aliphatic rings. The van der Waals surface area contributed by atoms with Crippen molar-refractivity contribution in [3.8, 4) is 5.75 Å². The molecule has 0 radical (unpaired) electrons. The van der Waals surface area contributed by atoms with Gasteiger partial charge in [0, 0.05) is 13.1 Å². The standard InChI is InChI=1S/C15H23BrN2O/c1-12(11-18-6-2-3-7-18)9-17-10-13-4-5-15(19)14(16)8-13/h4-5,8,12,17,19H,2-3,6-7,9-11H2,1H3. The van der Waals surface area contributed by atoms with Crippen LogP contribution in [0.25, 0.3) is 0 Å². The van der Waals surface area contributed by atoms with E-state index in [1.807, 2.05) is 12.1 Å². The zero-order valence-corrected chi connectivity index (χ0v) is 13.1. The van der Waals surface area contributed by atoms with Crippen LogP contribution in [0.15, 0.2) is 22.7 Å². The number of hydrogen-bond donors (Lipinski definition) is 2. The van der Waals surface area contributed by atoms with Gasteiger partial charge in [0.1, 0.15) is 5.75 Å². The van der Waals surface area contributed by atoms with Crippen LogP contribution in [0.5, 0.6) is 5.75 Å². The molecule has 2 N–H and O–H groups in total. The number of nitrogens with zero attached hydrogens (tertiary/aromatic N) is 1. The summed E-state index contributed by atoms with van der Waals surface area (Å²) in [6.07, 6.45) is 2.73. The minimum absolute atomic E-state index is 0.297. The molecule has 0 amide bonds. The molecule has 1 heterocycles. The number of rotatable bonds is 6. The molecule has 0 aliphatic carbocycles. The van der Waals surface area contributed by atoms with Gasteiger partial charge in [-0.2, -0.15) is 0 Å². The highest BCUT2D eigenvalue weighted by atomic mass is 79.9. The molecule has 1 unspecified atom stereocenters.